The van der Waals surface area contributed by atoms with Gasteiger partial charge in [-0.2, -0.15) is 0 Å². The van der Waals surface area contributed by atoms with Crippen molar-refractivity contribution in [3.8, 4) is 0 Å². The fourth-order valence-electron chi connectivity index (χ4n) is 0.174. The average molecular weight is 180 g/mol. The van der Waals surface area contributed by atoms with E-state index in [0.717, 1.165) is 0 Å². The molecule has 1 atom stereocenters. The van der Waals surface area contributed by atoms with Crippen LogP contribution in [0, 0.1) is 0 Å². The van der Waals surface area contributed by atoms with Gasteiger partial charge in [-0.15, -0.1) is 9.24 Å². The summed E-state index contributed by atoms with van der Waals surface area (Å²) in [4.78, 5) is 9.58. The first-order valence-electron chi connectivity index (χ1n) is 3.44. The Hall–Kier alpha value is -0.180. The molecular formula is C6H17N2O2P. The summed E-state index contributed by atoms with van der Waals surface area (Å²) in [7, 11) is 2.34. The number of aliphatic carboxylic acids is 1. The first kappa shape index (κ1) is 13.4. The van der Waals surface area contributed by atoms with Gasteiger partial charge in [0.25, 0.3) is 0 Å². The molecule has 0 rings (SSSR count). The standard InChI is InChI=1S/C3H8NO2P.C3H9N/c5-3(6)1-4-2-7;1-3(2)4/h4H,1-2,7H2,(H,5,6);3H,4H2,1-2H3. The number of carboxylic acids is 1. The summed E-state index contributed by atoms with van der Waals surface area (Å²) in [6.45, 7) is 4.05. The Labute approximate surface area is 69.7 Å². The smallest absolute Gasteiger partial charge is 0.0786 e. The minimum absolute atomic E-state index is 0.0660. The van der Waals surface area contributed by atoms with Crippen LogP contribution in [-0.2, 0) is 4.79 Å². The van der Waals surface area contributed by atoms with E-state index in [1.165, 1.54) is 0 Å². The molecule has 0 heterocycles. The predicted molar refractivity (Wildman–Crippen MR) is 45.6 cm³/mol. The van der Waals surface area contributed by atoms with E-state index in [-0.39, 0.29) is 6.54 Å². The highest BCUT2D eigenvalue weighted by molar-refractivity contribution is 7.16. The number of carbonyl (C=O) groups is 1. The van der Waals surface area contributed by atoms with E-state index < -0.39 is 5.97 Å². The van der Waals surface area contributed by atoms with E-state index in [9.17, 15) is 9.90 Å². The number of nitrogens with one attached hydrogen (secondary N) is 1. The molecule has 0 amide bonds. The summed E-state index contributed by atoms with van der Waals surface area (Å²) in [5.74, 6) is -1.07. The van der Waals surface area contributed by atoms with Gasteiger partial charge >= 0.3 is 0 Å². The number of hydrogen-bond donors (Lipinski definition) is 2. The molecule has 0 radical (unpaired) electrons. The van der Waals surface area contributed by atoms with Crippen molar-refractivity contribution < 1.29 is 15.6 Å². The first-order chi connectivity index (χ1) is 5.00. The van der Waals surface area contributed by atoms with Crippen LogP contribution in [-0.4, -0.2) is 24.8 Å². The maximum Gasteiger partial charge on any atom is 0.0786 e. The van der Waals surface area contributed by atoms with Crippen LogP contribution in [0.1, 0.15) is 13.8 Å². The Morgan fingerprint density at radius 3 is 2.18 bits per heavy atom. The van der Waals surface area contributed by atoms with Crippen molar-refractivity contribution in [1.29, 1.82) is 0 Å². The lowest BCUT2D eigenvalue weighted by molar-refractivity contribution is -0.407. The number of quaternary nitrogens is 1. The predicted octanol–water partition coefficient (Wildman–Crippen LogP) is -2.20. The second kappa shape index (κ2) is 9.82. The van der Waals surface area contributed by atoms with Crippen molar-refractivity contribution in [2.24, 2.45) is 0 Å². The Morgan fingerprint density at radius 1 is 1.73 bits per heavy atom. The van der Waals surface area contributed by atoms with Gasteiger partial charge in [-0.3, -0.25) is 0 Å². The summed E-state index contributed by atoms with van der Waals surface area (Å²) < 4.78 is 0. The van der Waals surface area contributed by atoms with Gasteiger partial charge in [0, 0.05) is 12.8 Å². The van der Waals surface area contributed by atoms with Crippen molar-refractivity contribution >= 4 is 15.2 Å². The minimum atomic E-state index is -1.07. The van der Waals surface area contributed by atoms with Gasteiger partial charge in [0.15, 0.2) is 0 Å². The maximum absolute atomic E-state index is 9.58. The zero-order valence-electron chi connectivity index (χ0n) is 7.09. The molecule has 0 aliphatic carbocycles. The molecule has 11 heavy (non-hydrogen) atoms. The molecule has 0 saturated carbocycles. The quantitative estimate of drug-likeness (QED) is 0.483. The number of rotatable bonds is 3. The molecule has 68 valence electrons. The number of hydrogen-bond acceptors (Lipinski definition) is 3. The van der Waals surface area contributed by atoms with Crippen LogP contribution >= 0.6 is 9.24 Å². The van der Waals surface area contributed by atoms with Crippen molar-refractivity contribution in [3.63, 3.8) is 0 Å². The fourth-order valence-corrected chi connectivity index (χ4v) is 0.319. The van der Waals surface area contributed by atoms with Gasteiger partial charge in [0.05, 0.1) is 12.0 Å². The number of carbonyl (C=O) groups excluding carboxylic acids is 1. The Balaban J connectivity index is 0. The second-order valence-electron chi connectivity index (χ2n) is 2.40. The van der Waals surface area contributed by atoms with Crippen LogP contribution in [0.4, 0.5) is 0 Å². The second-order valence-corrected chi connectivity index (χ2v) is 2.81. The highest BCUT2D eigenvalue weighted by atomic mass is 31.0. The number of carboxylic acid groups (broad SMARTS) is 1. The van der Waals surface area contributed by atoms with Crippen LogP contribution in [0.15, 0.2) is 0 Å². The summed E-state index contributed by atoms with van der Waals surface area (Å²) in [6.07, 6.45) is 0.591. The largest absolute Gasteiger partial charge is 0.549 e. The van der Waals surface area contributed by atoms with Crippen LogP contribution in [0.3, 0.4) is 0 Å². The Morgan fingerprint density at radius 2 is 2.09 bits per heavy atom. The molecule has 4 N–H and O–H groups in total. The fraction of sp³-hybridized carbons (Fsp3) is 0.833. The molecule has 0 aromatic carbocycles. The molecule has 0 aromatic heterocycles. The molecule has 5 heteroatoms. The first-order valence-corrected chi connectivity index (χ1v) is 4.26. The van der Waals surface area contributed by atoms with Gasteiger partial charge < -0.3 is 21.0 Å². The summed E-state index contributed by atoms with van der Waals surface area (Å²) in [6, 6.07) is 0.583. The van der Waals surface area contributed by atoms with E-state index in [1.54, 1.807) is 0 Å². The highest BCUT2D eigenvalue weighted by Gasteiger charge is 1.77. The van der Waals surface area contributed by atoms with Crippen molar-refractivity contribution in [3.05, 3.63) is 0 Å². The minimum Gasteiger partial charge on any atom is -0.549 e. The van der Waals surface area contributed by atoms with Crippen LogP contribution in [0.5, 0.6) is 0 Å². The zero-order valence-corrected chi connectivity index (χ0v) is 8.25. The molecule has 0 aliphatic rings. The van der Waals surface area contributed by atoms with Gasteiger partial charge in [-0.25, -0.2) is 0 Å². The normalized spacial score (nSPS) is 8.82. The third-order valence-corrected chi connectivity index (χ3v) is 0.702. The van der Waals surface area contributed by atoms with Gasteiger partial charge in [0.2, 0.25) is 0 Å². The average Bonchev–Trinajstić information content (AvgIpc) is 1.82. The zero-order chi connectivity index (χ0) is 9.28. The molecular weight excluding hydrogens is 163 g/mol. The molecule has 0 spiro atoms. The Kier molecular flexibility index (Phi) is 12.0. The molecule has 1 unspecified atom stereocenters. The third-order valence-electron chi connectivity index (χ3n) is 0.414. The van der Waals surface area contributed by atoms with Crippen LogP contribution < -0.4 is 16.2 Å². The van der Waals surface area contributed by atoms with E-state index in [2.05, 4.69) is 34.1 Å². The van der Waals surface area contributed by atoms with Crippen molar-refractivity contribution in [2.45, 2.75) is 19.9 Å². The van der Waals surface area contributed by atoms with E-state index in [1.807, 2.05) is 0 Å². The van der Waals surface area contributed by atoms with E-state index >= 15 is 0 Å². The van der Waals surface area contributed by atoms with Gasteiger partial charge in [-0.05, 0) is 13.8 Å². The molecule has 0 aliphatic heterocycles. The van der Waals surface area contributed by atoms with Gasteiger partial charge in [0.1, 0.15) is 0 Å². The summed E-state index contributed by atoms with van der Waals surface area (Å²) in [5, 5.41) is 12.1. The van der Waals surface area contributed by atoms with Crippen molar-refractivity contribution in [1.82, 2.24) is 5.32 Å². The SMILES string of the molecule is CC(C)[NH3+].O=C([O-])CNCP. The molecule has 0 saturated heterocycles. The lowest BCUT2D eigenvalue weighted by Crippen LogP contribution is -2.57. The molecule has 0 fully saturated rings. The van der Waals surface area contributed by atoms with Crippen LogP contribution in [0.2, 0.25) is 0 Å². The summed E-state index contributed by atoms with van der Waals surface area (Å²) >= 11 is 0. The lowest BCUT2D eigenvalue weighted by atomic mass is 10.5. The lowest BCUT2D eigenvalue weighted by Gasteiger charge is -1.98. The molecule has 4 nitrogen and oxygen atoms in total. The van der Waals surface area contributed by atoms with E-state index in [4.69, 9.17) is 0 Å². The molecule has 0 bridgehead atoms. The Bertz CT molecular complexity index is 95.8. The summed E-state index contributed by atoms with van der Waals surface area (Å²) in [5.41, 5.74) is 3.64. The topological polar surface area (TPSA) is 79.8 Å². The van der Waals surface area contributed by atoms with Crippen LogP contribution in [0.25, 0.3) is 0 Å². The highest BCUT2D eigenvalue weighted by Crippen LogP contribution is 1.68. The maximum atomic E-state index is 9.58. The van der Waals surface area contributed by atoms with E-state index in [0.29, 0.717) is 12.3 Å². The molecule has 0 aromatic rings. The monoisotopic (exact) mass is 180 g/mol. The van der Waals surface area contributed by atoms with Gasteiger partial charge in [-0.1, -0.05) is 0 Å². The third kappa shape index (κ3) is 41.2. The van der Waals surface area contributed by atoms with Crippen molar-refractivity contribution in [2.75, 3.05) is 12.8 Å².